The van der Waals surface area contributed by atoms with E-state index in [0.717, 1.165) is 109 Å². The maximum Gasteiger partial charge on any atom is 0.306 e. The van der Waals surface area contributed by atoms with Gasteiger partial charge >= 0.3 is 17.9 Å². The molecule has 0 N–H and O–H groups in total. The Hall–Kier alpha value is -3.67. The first kappa shape index (κ1) is 78.3. The van der Waals surface area contributed by atoms with Crippen molar-refractivity contribution in [1.82, 2.24) is 0 Å². The van der Waals surface area contributed by atoms with Gasteiger partial charge in [0.2, 0.25) is 0 Å². The van der Waals surface area contributed by atoms with Crippen LogP contribution in [0, 0.1) is 0 Å². The van der Waals surface area contributed by atoms with Crippen LogP contribution in [0.5, 0.6) is 0 Å². The number of unbranched alkanes of at least 4 members (excludes halogenated alkanes) is 37. The molecule has 0 aliphatic rings. The van der Waals surface area contributed by atoms with Crippen LogP contribution < -0.4 is 0 Å². The molecular formula is C76H132O6. The number of carbonyl (C=O) groups excluding carboxylic acids is 3. The summed E-state index contributed by atoms with van der Waals surface area (Å²) in [6.07, 6.45) is 94.4. The van der Waals surface area contributed by atoms with Crippen molar-refractivity contribution in [3.63, 3.8) is 0 Å². The van der Waals surface area contributed by atoms with Gasteiger partial charge in [0.05, 0.1) is 0 Å². The number of allylic oxidation sites excluding steroid dienone is 16. The van der Waals surface area contributed by atoms with Crippen molar-refractivity contribution in [2.24, 2.45) is 0 Å². The highest BCUT2D eigenvalue weighted by Gasteiger charge is 2.19. The summed E-state index contributed by atoms with van der Waals surface area (Å²) in [5.41, 5.74) is 0. The van der Waals surface area contributed by atoms with Crippen LogP contribution in [-0.4, -0.2) is 37.2 Å². The molecule has 472 valence electrons. The molecule has 6 nitrogen and oxygen atoms in total. The van der Waals surface area contributed by atoms with E-state index >= 15 is 0 Å². The summed E-state index contributed by atoms with van der Waals surface area (Å²) in [5.74, 6) is -0.916. The maximum absolute atomic E-state index is 13.0. The number of carbonyl (C=O) groups is 3. The van der Waals surface area contributed by atoms with Crippen LogP contribution in [0.1, 0.15) is 348 Å². The zero-order chi connectivity index (χ0) is 59.2. The van der Waals surface area contributed by atoms with E-state index in [4.69, 9.17) is 14.2 Å². The van der Waals surface area contributed by atoms with Crippen LogP contribution >= 0.6 is 0 Å². The lowest BCUT2D eigenvalue weighted by molar-refractivity contribution is -0.167. The predicted molar refractivity (Wildman–Crippen MR) is 357 cm³/mol. The first-order chi connectivity index (χ1) is 40.5. The normalized spacial score (nSPS) is 12.7. The highest BCUT2D eigenvalue weighted by molar-refractivity contribution is 5.71. The van der Waals surface area contributed by atoms with Gasteiger partial charge in [-0.25, -0.2) is 0 Å². The molecule has 0 fully saturated rings. The van der Waals surface area contributed by atoms with Gasteiger partial charge in [-0.15, -0.1) is 0 Å². The minimum atomic E-state index is -0.796. The van der Waals surface area contributed by atoms with E-state index in [1.54, 1.807) is 0 Å². The number of ether oxygens (including phenoxy) is 3. The molecule has 0 aromatic carbocycles. The molecular weight excluding hydrogens is 1010 g/mol. The lowest BCUT2D eigenvalue weighted by atomic mass is 10.0. The van der Waals surface area contributed by atoms with Gasteiger partial charge in [0, 0.05) is 19.3 Å². The second kappa shape index (κ2) is 69.8. The topological polar surface area (TPSA) is 78.9 Å². The monoisotopic (exact) mass is 1140 g/mol. The van der Waals surface area contributed by atoms with Gasteiger partial charge in [0.1, 0.15) is 13.2 Å². The molecule has 0 spiro atoms. The third-order valence-corrected chi connectivity index (χ3v) is 15.3. The average molecular weight is 1140 g/mol. The number of esters is 3. The van der Waals surface area contributed by atoms with E-state index in [0.29, 0.717) is 19.3 Å². The van der Waals surface area contributed by atoms with Gasteiger partial charge in [-0.1, -0.05) is 330 Å². The Bertz CT molecular complexity index is 1590. The molecule has 82 heavy (non-hydrogen) atoms. The Balaban J connectivity index is 4.32. The number of hydrogen-bond donors (Lipinski definition) is 0. The molecule has 0 aromatic rings. The third-order valence-electron chi connectivity index (χ3n) is 15.3. The molecule has 0 saturated carbocycles. The molecule has 1 atom stereocenters. The van der Waals surface area contributed by atoms with Crippen molar-refractivity contribution in [1.29, 1.82) is 0 Å². The number of hydrogen-bond acceptors (Lipinski definition) is 6. The zero-order valence-electron chi connectivity index (χ0n) is 54.2. The van der Waals surface area contributed by atoms with Crippen molar-refractivity contribution in [3.8, 4) is 0 Å². The van der Waals surface area contributed by atoms with Crippen molar-refractivity contribution >= 4 is 17.9 Å². The summed E-state index contributed by atoms with van der Waals surface area (Å²) in [6.45, 7) is 6.43. The first-order valence-corrected chi connectivity index (χ1v) is 35.2. The highest BCUT2D eigenvalue weighted by atomic mass is 16.6. The molecule has 0 heterocycles. The molecule has 0 rings (SSSR count). The minimum absolute atomic E-state index is 0.0889. The lowest BCUT2D eigenvalue weighted by Gasteiger charge is -2.18. The van der Waals surface area contributed by atoms with Gasteiger partial charge in [-0.05, 0) is 96.3 Å². The quantitative estimate of drug-likeness (QED) is 0.0261. The van der Waals surface area contributed by atoms with E-state index in [2.05, 4.69) is 118 Å². The summed E-state index contributed by atoms with van der Waals surface area (Å²) >= 11 is 0. The van der Waals surface area contributed by atoms with Crippen molar-refractivity contribution in [2.75, 3.05) is 13.2 Å². The van der Waals surface area contributed by atoms with Crippen LogP contribution in [0.25, 0.3) is 0 Å². The van der Waals surface area contributed by atoms with E-state index in [-0.39, 0.29) is 31.1 Å². The van der Waals surface area contributed by atoms with Crippen molar-refractivity contribution in [3.05, 3.63) is 97.2 Å². The fraction of sp³-hybridized carbons (Fsp3) is 0.750. The predicted octanol–water partition coefficient (Wildman–Crippen LogP) is 24.4. The molecule has 0 bridgehead atoms. The van der Waals surface area contributed by atoms with Gasteiger partial charge in [0.15, 0.2) is 6.10 Å². The molecule has 0 aliphatic heterocycles. The molecule has 6 heteroatoms. The Morgan fingerprint density at radius 3 is 0.768 bits per heavy atom. The average Bonchev–Trinajstić information content (AvgIpc) is 3.47. The zero-order valence-corrected chi connectivity index (χ0v) is 54.2. The van der Waals surface area contributed by atoms with E-state index < -0.39 is 6.10 Å². The van der Waals surface area contributed by atoms with Gasteiger partial charge in [0.25, 0.3) is 0 Å². The van der Waals surface area contributed by atoms with Crippen LogP contribution in [0.3, 0.4) is 0 Å². The molecule has 0 aliphatic carbocycles. The Morgan fingerprint density at radius 1 is 0.256 bits per heavy atom. The first-order valence-electron chi connectivity index (χ1n) is 35.2. The fourth-order valence-electron chi connectivity index (χ4n) is 10.1. The molecule has 0 radical (unpaired) electrons. The van der Waals surface area contributed by atoms with Gasteiger partial charge < -0.3 is 14.2 Å². The molecule has 0 aromatic heterocycles. The molecule has 0 amide bonds. The maximum atomic E-state index is 13.0. The second-order valence-electron chi connectivity index (χ2n) is 23.4. The van der Waals surface area contributed by atoms with Crippen molar-refractivity contribution in [2.45, 2.75) is 354 Å². The Kier molecular flexibility index (Phi) is 66.7. The fourth-order valence-corrected chi connectivity index (χ4v) is 10.1. The summed E-state index contributed by atoms with van der Waals surface area (Å²) in [7, 11) is 0. The smallest absolute Gasteiger partial charge is 0.306 e. The van der Waals surface area contributed by atoms with Crippen LogP contribution in [0.4, 0.5) is 0 Å². The second-order valence-corrected chi connectivity index (χ2v) is 23.4. The Morgan fingerprint density at radius 2 is 0.476 bits per heavy atom. The largest absolute Gasteiger partial charge is 0.462 e. The highest BCUT2D eigenvalue weighted by Crippen LogP contribution is 2.18. The van der Waals surface area contributed by atoms with Gasteiger partial charge in [-0.2, -0.15) is 0 Å². The third kappa shape index (κ3) is 67.1. The SMILES string of the molecule is CC/C=C\C/C=C\C/C=C\C/C=C\CCCCCCCCCCCCCCC(=O)OCC(COC(=O)CCCC/C=C\C/C=C\C/C=C\C/C=C\CC)OC(=O)CCCCCCCCCCCCCCCCCCCCCCCCCC. The van der Waals surface area contributed by atoms with E-state index in [1.807, 2.05) is 0 Å². The number of rotatable bonds is 64. The summed E-state index contributed by atoms with van der Waals surface area (Å²) in [4.78, 5) is 38.4. The van der Waals surface area contributed by atoms with Crippen LogP contribution in [-0.2, 0) is 28.6 Å². The van der Waals surface area contributed by atoms with Crippen LogP contribution in [0.15, 0.2) is 97.2 Å². The lowest BCUT2D eigenvalue weighted by Crippen LogP contribution is -2.30. The van der Waals surface area contributed by atoms with E-state index in [9.17, 15) is 14.4 Å². The molecule has 0 saturated heterocycles. The summed E-state index contributed by atoms with van der Waals surface area (Å²) in [6, 6.07) is 0. The van der Waals surface area contributed by atoms with Crippen molar-refractivity contribution < 1.29 is 28.6 Å². The minimum Gasteiger partial charge on any atom is -0.462 e. The van der Waals surface area contributed by atoms with Crippen LogP contribution in [0.2, 0.25) is 0 Å². The van der Waals surface area contributed by atoms with E-state index in [1.165, 1.54) is 199 Å². The summed E-state index contributed by atoms with van der Waals surface area (Å²) in [5, 5.41) is 0. The molecule has 1 unspecified atom stereocenters. The summed E-state index contributed by atoms with van der Waals surface area (Å²) < 4.78 is 17.0. The standard InChI is InChI=1S/C76H132O6/c1-4-7-10-13-16-19-22-25-28-30-32-34-36-38-40-41-43-45-48-51-54-57-60-63-66-69-75(78)81-72-73(71-80-74(77)68-65-62-59-56-53-50-47-27-24-21-18-15-12-9-6-3)82-76(79)70-67-64-61-58-55-52-49-46-44-42-39-37-35-33-31-29-26-23-20-17-14-11-8-5-2/h7,9-10,12,16,18-19,21,25,27-28,32,34,47,53,56,73H,4-6,8,11,13-15,17,20,22-24,26,29-31,33,35-46,48-52,54-55,57-72H2,1-3H3/b10-7-,12-9-,19-16-,21-18-,28-25-,34-32-,47-27-,56-53-. The Labute approximate surface area is 508 Å². The van der Waals surface area contributed by atoms with Gasteiger partial charge in [-0.3, -0.25) is 14.4 Å².